The second-order valence-corrected chi connectivity index (χ2v) is 3.72. The van der Waals surface area contributed by atoms with Crippen molar-refractivity contribution in [2.24, 2.45) is 10.9 Å². The van der Waals surface area contributed by atoms with E-state index in [4.69, 9.17) is 10.9 Å². The van der Waals surface area contributed by atoms with E-state index in [9.17, 15) is 0 Å². The van der Waals surface area contributed by atoms with Crippen molar-refractivity contribution >= 4 is 5.84 Å². The standard InChI is InChI=1S/C11H17N3O/c1-8(2)13-7-9-3-5-10(6-4-9)11(12)14-15/h3-6,8,13,15H,7H2,1-2H3,(H2,12,14). The molecule has 1 aromatic rings. The van der Waals surface area contributed by atoms with Crippen LogP contribution in [0, 0.1) is 0 Å². The molecule has 0 aliphatic rings. The maximum Gasteiger partial charge on any atom is 0.170 e. The van der Waals surface area contributed by atoms with Gasteiger partial charge in [-0.1, -0.05) is 43.3 Å². The molecule has 0 amide bonds. The lowest BCUT2D eigenvalue weighted by Gasteiger charge is -2.08. The number of nitrogens with one attached hydrogen (secondary N) is 1. The summed E-state index contributed by atoms with van der Waals surface area (Å²) in [6, 6.07) is 8.07. The highest BCUT2D eigenvalue weighted by Crippen LogP contribution is 2.04. The van der Waals surface area contributed by atoms with Crippen LogP contribution in [0.15, 0.2) is 29.4 Å². The third-order valence-electron chi connectivity index (χ3n) is 2.07. The number of amidine groups is 1. The van der Waals surface area contributed by atoms with Crippen LogP contribution in [0.2, 0.25) is 0 Å². The van der Waals surface area contributed by atoms with Crippen molar-refractivity contribution in [3.63, 3.8) is 0 Å². The molecule has 0 saturated heterocycles. The second-order valence-electron chi connectivity index (χ2n) is 3.72. The minimum absolute atomic E-state index is 0.137. The van der Waals surface area contributed by atoms with Crippen LogP contribution in [0.3, 0.4) is 0 Å². The summed E-state index contributed by atoms with van der Waals surface area (Å²) in [6.45, 7) is 5.03. The van der Waals surface area contributed by atoms with E-state index in [1.54, 1.807) is 0 Å². The van der Waals surface area contributed by atoms with Crippen LogP contribution in [0.4, 0.5) is 0 Å². The smallest absolute Gasteiger partial charge is 0.170 e. The molecular formula is C11H17N3O. The van der Waals surface area contributed by atoms with Gasteiger partial charge in [0.15, 0.2) is 5.84 Å². The summed E-state index contributed by atoms with van der Waals surface area (Å²) in [5.41, 5.74) is 7.36. The van der Waals surface area contributed by atoms with Crippen LogP contribution in [0.5, 0.6) is 0 Å². The van der Waals surface area contributed by atoms with E-state index in [1.165, 1.54) is 5.56 Å². The molecule has 4 heteroatoms. The summed E-state index contributed by atoms with van der Waals surface area (Å²) in [5.74, 6) is 0.137. The van der Waals surface area contributed by atoms with Crippen LogP contribution in [-0.4, -0.2) is 17.1 Å². The molecule has 0 bridgehead atoms. The number of oxime groups is 1. The number of benzene rings is 1. The topological polar surface area (TPSA) is 70.6 Å². The van der Waals surface area contributed by atoms with Gasteiger partial charge in [-0.3, -0.25) is 0 Å². The first-order chi connectivity index (χ1) is 7.13. The predicted molar refractivity (Wildman–Crippen MR) is 60.9 cm³/mol. The van der Waals surface area contributed by atoms with E-state index in [0.29, 0.717) is 6.04 Å². The first-order valence-corrected chi connectivity index (χ1v) is 4.93. The molecule has 0 unspecified atom stereocenters. The van der Waals surface area contributed by atoms with Gasteiger partial charge in [0.2, 0.25) is 0 Å². The van der Waals surface area contributed by atoms with E-state index >= 15 is 0 Å². The Labute approximate surface area is 89.8 Å². The maximum atomic E-state index is 8.48. The lowest BCUT2D eigenvalue weighted by molar-refractivity contribution is 0.318. The molecule has 4 N–H and O–H groups in total. The Bertz CT molecular complexity index is 330. The van der Waals surface area contributed by atoms with Crippen molar-refractivity contribution in [1.82, 2.24) is 5.32 Å². The summed E-state index contributed by atoms with van der Waals surface area (Å²) in [7, 11) is 0. The third kappa shape index (κ3) is 3.59. The normalized spacial score (nSPS) is 12.1. The van der Waals surface area contributed by atoms with Crippen molar-refractivity contribution in [3.8, 4) is 0 Å². The summed E-state index contributed by atoms with van der Waals surface area (Å²) in [6.07, 6.45) is 0. The first kappa shape index (κ1) is 11.5. The average Bonchev–Trinajstić information content (AvgIpc) is 2.26. The third-order valence-corrected chi connectivity index (χ3v) is 2.07. The molecule has 15 heavy (non-hydrogen) atoms. The van der Waals surface area contributed by atoms with Crippen LogP contribution in [0.25, 0.3) is 0 Å². The Morgan fingerprint density at radius 1 is 1.40 bits per heavy atom. The largest absolute Gasteiger partial charge is 0.409 e. The van der Waals surface area contributed by atoms with Crippen LogP contribution in [0.1, 0.15) is 25.0 Å². The van der Waals surface area contributed by atoms with E-state index in [-0.39, 0.29) is 5.84 Å². The highest BCUT2D eigenvalue weighted by Gasteiger charge is 1.99. The van der Waals surface area contributed by atoms with Crippen molar-refractivity contribution < 1.29 is 5.21 Å². The zero-order valence-electron chi connectivity index (χ0n) is 9.07. The Balaban J connectivity index is 2.64. The zero-order valence-corrected chi connectivity index (χ0v) is 9.07. The Morgan fingerprint density at radius 2 is 2.00 bits per heavy atom. The van der Waals surface area contributed by atoms with Gasteiger partial charge in [-0.15, -0.1) is 0 Å². The zero-order chi connectivity index (χ0) is 11.3. The highest BCUT2D eigenvalue weighted by molar-refractivity contribution is 5.96. The Kier molecular flexibility index (Phi) is 4.12. The highest BCUT2D eigenvalue weighted by atomic mass is 16.4. The van der Waals surface area contributed by atoms with Gasteiger partial charge in [0.05, 0.1) is 0 Å². The molecule has 0 aromatic heterocycles. The van der Waals surface area contributed by atoms with Gasteiger partial charge in [-0.2, -0.15) is 0 Å². The van der Waals surface area contributed by atoms with Crippen molar-refractivity contribution in [3.05, 3.63) is 35.4 Å². The molecule has 0 saturated carbocycles. The minimum atomic E-state index is 0.137. The Morgan fingerprint density at radius 3 is 2.47 bits per heavy atom. The fraction of sp³-hybridized carbons (Fsp3) is 0.364. The van der Waals surface area contributed by atoms with Gasteiger partial charge in [0.1, 0.15) is 0 Å². The molecule has 1 aromatic carbocycles. The van der Waals surface area contributed by atoms with E-state index in [2.05, 4.69) is 24.3 Å². The lowest BCUT2D eigenvalue weighted by atomic mass is 10.1. The number of nitrogens with two attached hydrogens (primary N) is 1. The molecule has 82 valence electrons. The van der Waals surface area contributed by atoms with Gasteiger partial charge < -0.3 is 16.3 Å². The monoisotopic (exact) mass is 207 g/mol. The van der Waals surface area contributed by atoms with Crippen LogP contribution in [-0.2, 0) is 6.54 Å². The van der Waals surface area contributed by atoms with Crippen LogP contribution < -0.4 is 11.1 Å². The number of rotatable bonds is 4. The van der Waals surface area contributed by atoms with Gasteiger partial charge >= 0.3 is 0 Å². The molecule has 4 nitrogen and oxygen atoms in total. The maximum absolute atomic E-state index is 8.48. The molecule has 0 atom stereocenters. The molecule has 0 aliphatic heterocycles. The van der Waals surface area contributed by atoms with Gasteiger partial charge in [-0.25, -0.2) is 0 Å². The SMILES string of the molecule is CC(C)NCc1ccc(/C(N)=N/O)cc1. The number of nitrogens with zero attached hydrogens (tertiary/aromatic N) is 1. The van der Waals surface area contributed by atoms with Crippen molar-refractivity contribution in [1.29, 1.82) is 0 Å². The average molecular weight is 207 g/mol. The predicted octanol–water partition coefficient (Wildman–Crippen LogP) is 1.28. The number of hydrogen-bond acceptors (Lipinski definition) is 3. The first-order valence-electron chi connectivity index (χ1n) is 4.93. The summed E-state index contributed by atoms with van der Waals surface area (Å²) < 4.78 is 0. The molecule has 0 aliphatic carbocycles. The Hall–Kier alpha value is -1.55. The molecule has 0 heterocycles. The van der Waals surface area contributed by atoms with Gasteiger partial charge in [-0.05, 0) is 5.56 Å². The summed E-state index contributed by atoms with van der Waals surface area (Å²) in [5, 5.41) is 14.7. The van der Waals surface area contributed by atoms with Gasteiger partial charge in [0.25, 0.3) is 0 Å². The fourth-order valence-electron chi connectivity index (χ4n) is 1.17. The minimum Gasteiger partial charge on any atom is -0.409 e. The molecule has 0 spiro atoms. The fourth-order valence-corrected chi connectivity index (χ4v) is 1.17. The van der Waals surface area contributed by atoms with E-state index < -0.39 is 0 Å². The quantitative estimate of drug-likeness (QED) is 0.301. The second kappa shape index (κ2) is 5.36. The van der Waals surface area contributed by atoms with Crippen molar-refractivity contribution in [2.75, 3.05) is 0 Å². The van der Waals surface area contributed by atoms with E-state index in [0.717, 1.165) is 12.1 Å². The van der Waals surface area contributed by atoms with E-state index in [1.807, 2.05) is 24.3 Å². The van der Waals surface area contributed by atoms with Crippen LogP contribution >= 0.6 is 0 Å². The number of hydrogen-bond donors (Lipinski definition) is 3. The van der Waals surface area contributed by atoms with Crippen molar-refractivity contribution in [2.45, 2.75) is 26.4 Å². The molecular weight excluding hydrogens is 190 g/mol. The molecule has 0 fully saturated rings. The molecule has 0 radical (unpaired) electrons. The summed E-state index contributed by atoms with van der Waals surface area (Å²) in [4.78, 5) is 0. The van der Waals surface area contributed by atoms with Gasteiger partial charge in [0, 0.05) is 18.2 Å². The molecule has 1 rings (SSSR count). The lowest BCUT2D eigenvalue weighted by Crippen LogP contribution is -2.21. The summed E-state index contributed by atoms with van der Waals surface area (Å²) >= 11 is 0.